The topological polar surface area (TPSA) is 61.2 Å². The maximum Gasteiger partial charge on any atom is 0.254 e. The van der Waals surface area contributed by atoms with Crippen LogP contribution in [0.2, 0.25) is 0 Å². The summed E-state index contributed by atoms with van der Waals surface area (Å²) in [6, 6.07) is 6.61. The van der Waals surface area contributed by atoms with Crippen LogP contribution in [0.25, 0.3) is 0 Å². The molecule has 1 aromatic heterocycles. The van der Waals surface area contributed by atoms with E-state index in [1.165, 1.54) is 6.07 Å². The Morgan fingerprint density at radius 1 is 1.30 bits per heavy atom. The van der Waals surface area contributed by atoms with Gasteiger partial charge in [0, 0.05) is 22.9 Å². The Morgan fingerprint density at radius 2 is 2.05 bits per heavy atom. The van der Waals surface area contributed by atoms with E-state index in [0.717, 1.165) is 11.8 Å². The van der Waals surface area contributed by atoms with Crippen molar-refractivity contribution < 1.29 is 9.53 Å². The third kappa shape index (κ3) is 2.77. The van der Waals surface area contributed by atoms with Gasteiger partial charge in [-0.05, 0) is 32.0 Å². The molecule has 0 spiro atoms. The highest BCUT2D eigenvalue weighted by Gasteiger charge is 2.09. The second kappa shape index (κ2) is 5.69. The number of aryl methyl sites for hydroxylation is 2. The molecule has 1 heterocycles. The zero-order valence-corrected chi connectivity index (χ0v) is 11.7. The van der Waals surface area contributed by atoms with Gasteiger partial charge in [0.2, 0.25) is 0 Å². The smallest absolute Gasteiger partial charge is 0.254 e. The molecule has 5 nitrogen and oxygen atoms in total. The van der Waals surface area contributed by atoms with Crippen LogP contribution in [0.4, 0.5) is 0 Å². The van der Waals surface area contributed by atoms with Crippen LogP contribution in [0.1, 0.15) is 27.4 Å². The van der Waals surface area contributed by atoms with Gasteiger partial charge in [-0.25, -0.2) is 4.98 Å². The molecular formula is C15H16N2O3. The van der Waals surface area contributed by atoms with Crippen LogP contribution in [0.15, 0.2) is 29.1 Å². The standard InChI is InChI=1S/C15H16N2O3/c1-10-6-15(19)17(11(2)16-10)8-13-7-12(9-18)4-5-14(13)20-3/h4-7,9H,8H2,1-3H3. The third-order valence-corrected chi connectivity index (χ3v) is 3.10. The fourth-order valence-corrected chi connectivity index (χ4v) is 2.12. The predicted octanol–water partition coefficient (Wildman–Crippen LogP) is 1.73. The quantitative estimate of drug-likeness (QED) is 0.795. The summed E-state index contributed by atoms with van der Waals surface area (Å²) in [5.74, 6) is 1.27. The highest BCUT2D eigenvalue weighted by molar-refractivity contribution is 5.75. The fourth-order valence-electron chi connectivity index (χ4n) is 2.12. The van der Waals surface area contributed by atoms with Crippen molar-refractivity contribution in [2.24, 2.45) is 0 Å². The molecule has 0 aliphatic carbocycles. The number of hydrogen-bond donors (Lipinski definition) is 0. The van der Waals surface area contributed by atoms with E-state index in [0.29, 0.717) is 29.4 Å². The summed E-state index contributed by atoms with van der Waals surface area (Å²) in [5.41, 5.74) is 1.89. The van der Waals surface area contributed by atoms with E-state index in [1.807, 2.05) is 0 Å². The molecule has 0 aliphatic heterocycles. The van der Waals surface area contributed by atoms with Crippen LogP contribution in [0, 0.1) is 13.8 Å². The highest BCUT2D eigenvalue weighted by Crippen LogP contribution is 2.20. The zero-order chi connectivity index (χ0) is 14.7. The van der Waals surface area contributed by atoms with E-state index in [1.54, 1.807) is 43.7 Å². The Morgan fingerprint density at radius 3 is 2.65 bits per heavy atom. The molecule has 0 N–H and O–H groups in total. The molecule has 2 rings (SSSR count). The van der Waals surface area contributed by atoms with Gasteiger partial charge in [-0.1, -0.05) is 0 Å². The number of aromatic nitrogens is 2. The van der Waals surface area contributed by atoms with E-state index in [4.69, 9.17) is 4.74 Å². The van der Waals surface area contributed by atoms with Crippen molar-refractivity contribution in [1.29, 1.82) is 0 Å². The SMILES string of the molecule is COc1ccc(C=O)cc1Cn1c(C)nc(C)cc1=O. The van der Waals surface area contributed by atoms with Crippen molar-refractivity contribution in [3.63, 3.8) is 0 Å². The monoisotopic (exact) mass is 272 g/mol. The van der Waals surface area contributed by atoms with Gasteiger partial charge in [0.25, 0.3) is 5.56 Å². The lowest BCUT2D eigenvalue weighted by Crippen LogP contribution is -2.24. The minimum atomic E-state index is -0.117. The predicted molar refractivity (Wildman–Crippen MR) is 75.5 cm³/mol. The fraction of sp³-hybridized carbons (Fsp3) is 0.267. The van der Waals surface area contributed by atoms with Crippen molar-refractivity contribution in [2.75, 3.05) is 7.11 Å². The minimum absolute atomic E-state index is 0.117. The normalized spacial score (nSPS) is 10.3. The van der Waals surface area contributed by atoms with E-state index >= 15 is 0 Å². The Kier molecular flexibility index (Phi) is 3.98. The molecule has 0 fully saturated rings. The Labute approximate surface area is 116 Å². The molecule has 0 unspecified atom stereocenters. The Balaban J connectivity index is 2.49. The van der Waals surface area contributed by atoms with Gasteiger partial charge in [-0.15, -0.1) is 0 Å². The minimum Gasteiger partial charge on any atom is -0.496 e. The van der Waals surface area contributed by atoms with Crippen molar-refractivity contribution in [3.05, 3.63) is 57.3 Å². The number of hydrogen-bond acceptors (Lipinski definition) is 4. The molecular weight excluding hydrogens is 256 g/mol. The van der Waals surface area contributed by atoms with Gasteiger partial charge in [-0.3, -0.25) is 14.2 Å². The van der Waals surface area contributed by atoms with Crippen LogP contribution < -0.4 is 10.3 Å². The first-order valence-electron chi connectivity index (χ1n) is 6.22. The number of rotatable bonds is 4. The maximum absolute atomic E-state index is 12.0. The van der Waals surface area contributed by atoms with Gasteiger partial charge < -0.3 is 4.74 Å². The molecule has 0 bridgehead atoms. The average molecular weight is 272 g/mol. The van der Waals surface area contributed by atoms with Crippen LogP contribution in [0.3, 0.4) is 0 Å². The summed E-state index contributed by atoms with van der Waals surface area (Å²) in [6.07, 6.45) is 0.770. The molecule has 0 saturated carbocycles. The second-order valence-corrected chi connectivity index (χ2v) is 4.56. The van der Waals surface area contributed by atoms with Crippen molar-refractivity contribution in [2.45, 2.75) is 20.4 Å². The maximum atomic E-state index is 12.0. The molecule has 0 aliphatic rings. The van der Waals surface area contributed by atoms with Gasteiger partial charge in [-0.2, -0.15) is 0 Å². The lowest BCUT2D eigenvalue weighted by atomic mass is 10.1. The number of carbonyl (C=O) groups is 1. The van der Waals surface area contributed by atoms with Crippen molar-refractivity contribution in [1.82, 2.24) is 9.55 Å². The van der Waals surface area contributed by atoms with E-state index in [9.17, 15) is 9.59 Å². The first-order valence-corrected chi connectivity index (χ1v) is 6.22. The number of nitrogens with zero attached hydrogens (tertiary/aromatic N) is 2. The summed E-state index contributed by atoms with van der Waals surface area (Å²) in [4.78, 5) is 27.2. The largest absolute Gasteiger partial charge is 0.496 e. The summed E-state index contributed by atoms with van der Waals surface area (Å²) in [6.45, 7) is 3.89. The zero-order valence-electron chi connectivity index (χ0n) is 11.7. The lowest BCUT2D eigenvalue weighted by Gasteiger charge is -2.13. The van der Waals surface area contributed by atoms with Crippen LogP contribution in [-0.4, -0.2) is 22.9 Å². The molecule has 20 heavy (non-hydrogen) atoms. The molecule has 5 heteroatoms. The van der Waals surface area contributed by atoms with Crippen LogP contribution >= 0.6 is 0 Å². The molecule has 1 aromatic carbocycles. The van der Waals surface area contributed by atoms with Crippen molar-refractivity contribution >= 4 is 6.29 Å². The van der Waals surface area contributed by atoms with Gasteiger partial charge in [0.1, 0.15) is 17.9 Å². The van der Waals surface area contributed by atoms with E-state index < -0.39 is 0 Å². The molecule has 0 atom stereocenters. The molecule has 2 aromatic rings. The van der Waals surface area contributed by atoms with Gasteiger partial charge in [0.15, 0.2) is 0 Å². The van der Waals surface area contributed by atoms with Gasteiger partial charge in [0.05, 0.1) is 13.7 Å². The van der Waals surface area contributed by atoms with Crippen LogP contribution in [-0.2, 0) is 6.54 Å². The first kappa shape index (κ1) is 14.0. The highest BCUT2D eigenvalue weighted by atomic mass is 16.5. The van der Waals surface area contributed by atoms with E-state index in [-0.39, 0.29) is 5.56 Å². The summed E-state index contributed by atoms with van der Waals surface area (Å²) >= 11 is 0. The summed E-state index contributed by atoms with van der Waals surface area (Å²) in [7, 11) is 1.56. The number of methoxy groups -OCH3 is 1. The lowest BCUT2D eigenvalue weighted by molar-refractivity contribution is 0.112. The summed E-state index contributed by atoms with van der Waals surface area (Å²) < 4.78 is 6.82. The number of aldehydes is 1. The van der Waals surface area contributed by atoms with Gasteiger partial charge >= 0.3 is 0 Å². The molecule has 0 saturated heterocycles. The average Bonchev–Trinajstić information content (AvgIpc) is 2.42. The molecule has 104 valence electrons. The van der Waals surface area contributed by atoms with E-state index in [2.05, 4.69) is 4.98 Å². The number of benzene rings is 1. The second-order valence-electron chi connectivity index (χ2n) is 4.56. The Hall–Kier alpha value is -2.43. The van der Waals surface area contributed by atoms with Crippen molar-refractivity contribution in [3.8, 4) is 5.75 Å². The molecule has 0 amide bonds. The summed E-state index contributed by atoms with van der Waals surface area (Å²) in [5, 5.41) is 0. The third-order valence-electron chi connectivity index (χ3n) is 3.10. The Bertz CT molecular complexity index is 705. The van der Waals surface area contributed by atoms with Crippen LogP contribution in [0.5, 0.6) is 5.75 Å². The number of carbonyl (C=O) groups excluding carboxylic acids is 1. The first-order chi connectivity index (χ1) is 9.55. The number of ether oxygens (including phenoxy) is 1. The molecule has 0 radical (unpaired) electrons.